The Labute approximate surface area is 109 Å². The normalized spacial score (nSPS) is 26.9. The Kier molecular flexibility index (Phi) is 4.62. The third-order valence-corrected chi connectivity index (χ3v) is 3.63. The molecule has 2 aliphatic rings. The van der Waals surface area contributed by atoms with Gasteiger partial charge in [0.15, 0.2) is 0 Å². The van der Waals surface area contributed by atoms with E-state index in [0.717, 1.165) is 13.1 Å². The number of hydrogen-bond acceptors (Lipinski definition) is 3. The minimum atomic E-state index is -0.0722. The lowest BCUT2D eigenvalue weighted by Gasteiger charge is -2.26. The Bertz CT molecular complexity index is 333. The number of terminal acetylenes is 1. The molecule has 0 aromatic heterocycles. The third-order valence-electron chi connectivity index (χ3n) is 3.63. The van der Waals surface area contributed by atoms with Crippen LogP contribution in [0, 0.1) is 24.2 Å². The Morgan fingerprint density at radius 2 is 2.28 bits per heavy atom. The lowest BCUT2D eigenvalue weighted by atomic mass is 10.0. The maximum Gasteiger partial charge on any atom is 0.230 e. The first-order chi connectivity index (χ1) is 8.76. The van der Waals surface area contributed by atoms with Gasteiger partial charge in [0.05, 0.1) is 25.7 Å². The topological polar surface area (TPSA) is 41.6 Å². The molecular weight excluding hydrogens is 228 g/mol. The summed E-state index contributed by atoms with van der Waals surface area (Å²) < 4.78 is 5.43. The Hall–Kier alpha value is -1.05. The smallest absolute Gasteiger partial charge is 0.230 e. The van der Waals surface area contributed by atoms with Gasteiger partial charge in [-0.2, -0.15) is 0 Å². The second-order valence-electron chi connectivity index (χ2n) is 5.17. The first-order valence-electron chi connectivity index (χ1n) is 6.79. The molecule has 1 heterocycles. The molecule has 1 aliphatic carbocycles. The van der Waals surface area contributed by atoms with Crippen molar-refractivity contribution in [1.82, 2.24) is 10.2 Å². The quantitative estimate of drug-likeness (QED) is 0.697. The summed E-state index contributed by atoms with van der Waals surface area (Å²) in [7, 11) is 0. The maximum absolute atomic E-state index is 12.5. The number of carbonyl (C=O) groups is 1. The molecule has 100 valence electrons. The zero-order valence-electron chi connectivity index (χ0n) is 11.0. The number of rotatable bonds is 6. The number of carbonyl (C=O) groups excluding carboxylic acids is 1. The van der Waals surface area contributed by atoms with Gasteiger partial charge < -0.3 is 15.0 Å². The van der Waals surface area contributed by atoms with E-state index in [4.69, 9.17) is 11.2 Å². The van der Waals surface area contributed by atoms with Crippen molar-refractivity contribution in [2.45, 2.75) is 25.8 Å². The van der Waals surface area contributed by atoms with Crippen molar-refractivity contribution in [3.63, 3.8) is 0 Å². The van der Waals surface area contributed by atoms with Crippen molar-refractivity contribution >= 4 is 5.91 Å². The fourth-order valence-electron chi connectivity index (χ4n) is 2.45. The molecule has 0 bridgehead atoms. The highest BCUT2D eigenvalue weighted by Gasteiger charge is 2.37. The summed E-state index contributed by atoms with van der Waals surface area (Å²) in [6.45, 7) is 5.28. The van der Waals surface area contributed by atoms with Crippen LogP contribution < -0.4 is 5.32 Å². The fourth-order valence-corrected chi connectivity index (χ4v) is 2.45. The minimum Gasteiger partial charge on any atom is -0.379 e. The predicted molar refractivity (Wildman–Crippen MR) is 69.9 cm³/mol. The van der Waals surface area contributed by atoms with Crippen molar-refractivity contribution < 1.29 is 9.53 Å². The SMILES string of the molecule is C#CCN(CC1CC1)C(=O)C1COCC1NCC. The summed E-state index contributed by atoms with van der Waals surface area (Å²) in [6.07, 6.45) is 7.82. The van der Waals surface area contributed by atoms with Crippen LogP contribution in [0.4, 0.5) is 0 Å². The molecule has 18 heavy (non-hydrogen) atoms. The molecular formula is C14H22N2O2. The highest BCUT2D eigenvalue weighted by Crippen LogP contribution is 2.30. The summed E-state index contributed by atoms with van der Waals surface area (Å²) in [4.78, 5) is 14.3. The van der Waals surface area contributed by atoms with Crippen LogP contribution in [-0.4, -0.2) is 49.7 Å². The van der Waals surface area contributed by atoms with E-state index in [1.807, 2.05) is 11.8 Å². The highest BCUT2D eigenvalue weighted by atomic mass is 16.5. The summed E-state index contributed by atoms with van der Waals surface area (Å²) in [5, 5.41) is 3.32. The summed E-state index contributed by atoms with van der Waals surface area (Å²) in [6, 6.07) is 0.141. The lowest BCUT2D eigenvalue weighted by Crippen LogP contribution is -2.46. The molecule has 2 rings (SSSR count). The summed E-state index contributed by atoms with van der Waals surface area (Å²) in [5.41, 5.74) is 0. The van der Waals surface area contributed by atoms with Crippen LogP contribution in [0.3, 0.4) is 0 Å². The summed E-state index contributed by atoms with van der Waals surface area (Å²) >= 11 is 0. The van der Waals surface area contributed by atoms with Gasteiger partial charge in [0, 0.05) is 12.6 Å². The number of nitrogens with zero attached hydrogens (tertiary/aromatic N) is 1. The van der Waals surface area contributed by atoms with Gasteiger partial charge in [-0.15, -0.1) is 6.42 Å². The van der Waals surface area contributed by atoms with Gasteiger partial charge in [0.2, 0.25) is 5.91 Å². The number of hydrogen-bond donors (Lipinski definition) is 1. The van der Waals surface area contributed by atoms with E-state index >= 15 is 0 Å². The van der Waals surface area contributed by atoms with E-state index in [1.165, 1.54) is 12.8 Å². The number of amides is 1. The molecule has 2 unspecified atom stereocenters. The zero-order chi connectivity index (χ0) is 13.0. The van der Waals surface area contributed by atoms with Crippen molar-refractivity contribution in [2.24, 2.45) is 11.8 Å². The molecule has 0 aromatic rings. The van der Waals surface area contributed by atoms with E-state index in [-0.39, 0.29) is 17.9 Å². The van der Waals surface area contributed by atoms with Crippen molar-refractivity contribution in [3.8, 4) is 12.3 Å². The molecule has 4 heteroatoms. The van der Waals surface area contributed by atoms with Crippen LogP contribution >= 0.6 is 0 Å². The van der Waals surface area contributed by atoms with E-state index in [9.17, 15) is 4.79 Å². The van der Waals surface area contributed by atoms with Crippen LogP contribution in [0.1, 0.15) is 19.8 Å². The third kappa shape index (κ3) is 3.24. The second-order valence-corrected chi connectivity index (χ2v) is 5.17. The van der Waals surface area contributed by atoms with Gasteiger partial charge >= 0.3 is 0 Å². The van der Waals surface area contributed by atoms with Crippen molar-refractivity contribution in [2.75, 3.05) is 32.8 Å². The van der Waals surface area contributed by atoms with Crippen LogP contribution in [0.5, 0.6) is 0 Å². The molecule has 1 aliphatic heterocycles. The Morgan fingerprint density at radius 3 is 2.89 bits per heavy atom. The molecule has 2 atom stereocenters. The van der Waals surface area contributed by atoms with Crippen LogP contribution in [0.25, 0.3) is 0 Å². The van der Waals surface area contributed by atoms with Gasteiger partial charge in [-0.05, 0) is 25.3 Å². The maximum atomic E-state index is 12.5. The zero-order valence-corrected chi connectivity index (χ0v) is 11.0. The van der Waals surface area contributed by atoms with Gasteiger partial charge in [0.1, 0.15) is 0 Å². The number of ether oxygens (including phenoxy) is 1. The Morgan fingerprint density at radius 1 is 1.50 bits per heavy atom. The molecule has 4 nitrogen and oxygen atoms in total. The monoisotopic (exact) mass is 250 g/mol. The van der Waals surface area contributed by atoms with E-state index in [2.05, 4.69) is 11.2 Å². The average molecular weight is 250 g/mol. The van der Waals surface area contributed by atoms with Crippen LogP contribution in [0.15, 0.2) is 0 Å². The fraction of sp³-hybridized carbons (Fsp3) is 0.786. The van der Waals surface area contributed by atoms with Crippen LogP contribution in [0.2, 0.25) is 0 Å². The van der Waals surface area contributed by atoms with Gasteiger partial charge in [-0.25, -0.2) is 0 Å². The van der Waals surface area contributed by atoms with Gasteiger partial charge in [-0.1, -0.05) is 12.8 Å². The molecule has 0 spiro atoms. The summed E-state index contributed by atoms with van der Waals surface area (Å²) in [5.74, 6) is 3.35. The number of likely N-dealkylation sites (N-methyl/N-ethyl adjacent to an activating group) is 1. The van der Waals surface area contributed by atoms with Crippen molar-refractivity contribution in [3.05, 3.63) is 0 Å². The first-order valence-corrected chi connectivity index (χ1v) is 6.79. The van der Waals surface area contributed by atoms with Crippen LogP contribution in [-0.2, 0) is 9.53 Å². The second kappa shape index (κ2) is 6.21. The van der Waals surface area contributed by atoms with Crippen molar-refractivity contribution in [1.29, 1.82) is 0 Å². The van der Waals surface area contributed by atoms with E-state index in [0.29, 0.717) is 25.7 Å². The Balaban J connectivity index is 1.95. The predicted octanol–water partition coefficient (Wildman–Crippen LogP) is 0.483. The molecule has 0 aromatic carbocycles. The van der Waals surface area contributed by atoms with E-state index < -0.39 is 0 Å². The standard InChI is InChI=1S/C14H22N2O2/c1-3-7-16(8-11-5-6-11)14(17)12-9-18-10-13(12)15-4-2/h1,11-13,15H,4-10H2,2H3. The lowest BCUT2D eigenvalue weighted by molar-refractivity contribution is -0.135. The van der Waals surface area contributed by atoms with Gasteiger partial charge in [0.25, 0.3) is 0 Å². The molecule has 1 saturated carbocycles. The number of nitrogens with one attached hydrogen (secondary N) is 1. The van der Waals surface area contributed by atoms with E-state index in [1.54, 1.807) is 0 Å². The largest absolute Gasteiger partial charge is 0.379 e. The first kappa shape index (κ1) is 13.4. The highest BCUT2D eigenvalue weighted by molar-refractivity contribution is 5.80. The molecule has 1 saturated heterocycles. The molecule has 0 radical (unpaired) electrons. The van der Waals surface area contributed by atoms with Gasteiger partial charge in [-0.3, -0.25) is 4.79 Å². The molecule has 2 fully saturated rings. The molecule has 1 N–H and O–H groups in total. The average Bonchev–Trinajstić information content (AvgIpc) is 3.06. The minimum absolute atomic E-state index is 0.0722. The molecule has 1 amide bonds.